The third-order valence-electron chi connectivity index (χ3n) is 4.37. The second kappa shape index (κ2) is 8.56. The fraction of sp³-hybridized carbons (Fsp3) is 0.556. The van der Waals surface area contributed by atoms with Crippen molar-refractivity contribution in [2.24, 2.45) is 10.7 Å². The zero-order chi connectivity index (χ0) is 16.7. The molecule has 0 spiro atoms. The number of carbonyl (C=O) groups excluding carboxylic acids is 1. The summed E-state index contributed by atoms with van der Waals surface area (Å²) in [4.78, 5) is 16.1. The van der Waals surface area contributed by atoms with Gasteiger partial charge in [-0.05, 0) is 49.9 Å². The molecule has 1 aromatic rings. The molecule has 0 saturated heterocycles. The highest BCUT2D eigenvalue weighted by Gasteiger charge is 2.15. The smallest absolute Gasteiger partial charge is 0.222 e. The van der Waals surface area contributed by atoms with E-state index < -0.39 is 0 Å². The number of amides is 1. The highest BCUT2D eigenvalue weighted by molar-refractivity contribution is 5.92. The summed E-state index contributed by atoms with van der Waals surface area (Å²) in [6, 6.07) is 6.41. The Balaban J connectivity index is 1.73. The van der Waals surface area contributed by atoms with Gasteiger partial charge in [-0.1, -0.05) is 25.3 Å². The van der Waals surface area contributed by atoms with Crippen LogP contribution in [0.5, 0.6) is 0 Å². The zero-order valence-electron chi connectivity index (χ0n) is 14.2. The molecule has 1 amide bonds. The predicted molar refractivity (Wildman–Crippen MR) is 95.7 cm³/mol. The Hall–Kier alpha value is -2.04. The van der Waals surface area contributed by atoms with Crippen molar-refractivity contribution in [3.05, 3.63) is 29.3 Å². The van der Waals surface area contributed by atoms with Gasteiger partial charge in [0.1, 0.15) is 0 Å². The van der Waals surface area contributed by atoms with E-state index >= 15 is 0 Å². The number of aryl methyl sites for hydroxylation is 2. The van der Waals surface area contributed by atoms with Crippen molar-refractivity contribution in [2.45, 2.75) is 58.4 Å². The van der Waals surface area contributed by atoms with Crippen LogP contribution >= 0.6 is 0 Å². The van der Waals surface area contributed by atoms with Crippen LogP contribution in [0.1, 0.15) is 49.7 Å². The van der Waals surface area contributed by atoms with Crippen molar-refractivity contribution in [3.8, 4) is 0 Å². The van der Waals surface area contributed by atoms with Crippen LogP contribution in [0.4, 0.5) is 5.69 Å². The number of guanidine groups is 1. The minimum Gasteiger partial charge on any atom is -0.370 e. The van der Waals surface area contributed by atoms with Crippen LogP contribution in [-0.4, -0.2) is 24.5 Å². The third-order valence-corrected chi connectivity index (χ3v) is 4.37. The highest BCUT2D eigenvalue weighted by atomic mass is 16.1. The maximum Gasteiger partial charge on any atom is 0.222 e. The lowest BCUT2D eigenvalue weighted by Gasteiger charge is -2.22. The van der Waals surface area contributed by atoms with E-state index in [1.807, 2.05) is 18.2 Å². The van der Waals surface area contributed by atoms with Gasteiger partial charge in [-0.3, -0.25) is 9.79 Å². The Morgan fingerprint density at radius 3 is 2.65 bits per heavy atom. The monoisotopic (exact) mass is 316 g/mol. The molecule has 5 nitrogen and oxygen atoms in total. The minimum absolute atomic E-state index is 0.0691. The van der Waals surface area contributed by atoms with E-state index in [1.165, 1.54) is 30.4 Å². The topological polar surface area (TPSA) is 79.5 Å². The normalized spacial score (nSPS) is 16.2. The molecule has 0 bridgehead atoms. The van der Waals surface area contributed by atoms with Crippen LogP contribution in [0, 0.1) is 13.8 Å². The molecule has 4 N–H and O–H groups in total. The summed E-state index contributed by atoms with van der Waals surface area (Å²) >= 11 is 0. The summed E-state index contributed by atoms with van der Waals surface area (Å²) in [5.74, 6) is 0.415. The number of nitrogens with two attached hydrogens (primary N) is 1. The van der Waals surface area contributed by atoms with Crippen LogP contribution in [0.3, 0.4) is 0 Å². The van der Waals surface area contributed by atoms with E-state index in [2.05, 4.69) is 29.5 Å². The molecule has 1 aromatic carbocycles. The molecule has 0 aliphatic heterocycles. The number of nitrogens with zero attached hydrogens (tertiary/aromatic N) is 1. The summed E-state index contributed by atoms with van der Waals surface area (Å²) in [5.41, 5.74) is 9.23. The highest BCUT2D eigenvalue weighted by Crippen LogP contribution is 2.17. The van der Waals surface area contributed by atoms with Gasteiger partial charge in [0.2, 0.25) is 5.91 Å². The number of benzene rings is 1. The maximum absolute atomic E-state index is 11.9. The summed E-state index contributed by atoms with van der Waals surface area (Å²) in [6.45, 7) is 4.53. The molecule has 1 aliphatic rings. The number of nitrogens with one attached hydrogen (secondary N) is 2. The summed E-state index contributed by atoms with van der Waals surface area (Å²) in [5, 5.41) is 6.15. The average Bonchev–Trinajstić information content (AvgIpc) is 2.52. The standard InChI is InChI=1S/C18H28N4O/c1-13-8-9-16(12-14(13)2)22-18(19)20-11-10-17(23)21-15-6-4-3-5-7-15/h8-9,12,15H,3-7,10-11H2,1-2H3,(H,21,23)(H3,19,20,22). The molecule has 0 radical (unpaired) electrons. The van der Waals surface area contributed by atoms with Gasteiger partial charge in [-0.15, -0.1) is 0 Å². The number of rotatable bonds is 5. The van der Waals surface area contributed by atoms with Crippen LogP contribution in [0.15, 0.2) is 23.2 Å². The Morgan fingerprint density at radius 1 is 1.22 bits per heavy atom. The van der Waals surface area contributed by atoms with Gasteiger partial charge in [0.15, 0.2) is 5.96 Å². The summed E-state index contributed by atoms with van der Waals surface area (Å²) < 4.78 is 0. The van der Waals surface area contributed by atoms with Gasteiger partial charge in [0.05, 0.1) is 6.54 Å². The predicted octanol–water partition coefficient (Wildman–Crippen LogP) is 2.87. The van der Waals surface area contributed by atoms with Crippen LogP contribution in [-0.2, 0) is 4.79 Å². The van der Waals surface area contributed by atoms with Crippen molar-refractivity contribution in [1.29, 1.82) is 0 Å². The van der Waals surface area contributed by atoms with Crippen molar-refractivity contribution < 1.29 is 4.79 Å². The molecule has 2 rings (SSSR count). The van der Waals surface area contributed by atoms with Gasteiger partial charge in [0.25, 0.3) is 0 Å². The molecule has 126 valence electrons. The first-order valence-corrected chi connectivity index (χ1v) is 8.48. The van der Waals surface area contributed by atoms with E-state index in [0.717, 1.165) is 18.5 Å². The first-order valence-electron chi connectivity index (χ1n) is 8.48. The van der Waals surface area contributed by atoms with Crippen molar-refractivity contribution in [1.82, 2.24) is 5.32 Å². The fourth-order valence-corrected chi connectivity index (χ4v) is 2.83. The number of anilines is 1. The number of hydrogen-bond donors (Lipinski definition) is 3. The molecule has 0 aromatic heterocycles. The van der Waals surface area contributed by atoms with Crippen LogP contribution in [0.25, 0.3) is 0 Å². The van der Waals surface area contributed by atoms with Gasteiger partial charge in [0, 0.05) is 18.2 Å². The Morgan fingerprint density at radius 2 is 1.96 bits per heavy atom. The van der Waals surface area contributed by atoms with Gasteiger partial charge in [-0.2, -0.15) is 0 Å². The lowest BCUT2D eigenvalue weighted by Crippen LogP contribution is -2.36. The second-order valence-electron chi connectivity index (χ2n) is 6.34. The zero-order valence-corrected chi connectivity index (χ0v) is 14.2. The van der Waals surface area contributed by atoms with E-state index in [9.17, 15) is 4.79 Å². The Bertz CT molecular complexity index is 562. The van der Waals surface area contributed by atoms with E-state index in [1.54, 1.807) is 0 Å². The van der Waals surface area contributed by atoms with E-state index in [0.29, 0.717) is 25.0 Å². The van der Waals surface area contributed by atoms with Gasteiger partial charge >= 0.3 is 0 Å². The molecular weight excluding hydrogens is 288 g/mol. The number of hydrogen-bond acceptors (Lipinski definition) is 2. The van der Waals surface area contributed by atoms with Crippen LogP contribution in [0.2, 0.25) is 0 Å². The summed E-state index contributed by atoms with van der Waals surface area (Å²) in [6.07, 6.45) is 6.31. The van der Waals surface area contributed by atoms with E-state index in [-0.39, 0.29) is 5.91 Å². The maximum atomic E-state index is 11.9. The molecular formula is C18H28N4O. The first kappa shape index (κ1) is 17.3. The fourth-order valence-electron chi connectivity index (χ4n) is 2.83. The van der Waals surface area contributed by atoms with Crippen molar-refractivity contribution in [2.75, 3.05) is 11.9 Å². The Kier molecular flexibility index (Phi) is 6.44. The van der Waals surface area contributed by atoms with Crippen LogP contribution < -0.4 is 16.4 Å². The molecule has 0 atom stereocenters. The molecule has 0 unspecified atom stereocenters. The lowest BCUT2D eigenvalue weighted by atomic mass is 9.95. The average molecular weight is 316 g/mol. The Labute approximate surface area is 138 Å². The SMILES string of the molecule is Cc1ccc(NC(N)=NCCC(=O)NC2CCCCC2)cc1C. The van der Waals surface area contributed by atoms with Gasteiger partial charge in [-0.25, -0.2) is 0 Å². The quantitative estimate of drug-likeness (QED) is 0.577. The van der Waals surface area contributed by atoms with Crippen molar-refractivity contribution in [3.63, 3.8) is 0 Å². The van der Waals surface area contributed by atoms with Crippen molar-refractivity contribution >= 4 is 17.6 Å². The molecule has 1 saturated carbocycles. The minimum atomic E-state index is 0.0691. The number of aliphatic imine (C=N–C) groups is 1. The first-order chi connectivity index (χ1) is 11.0. The number of carbonyl (C=O) groups is 1. The molecule has 0 heterocycles. The molecule has 1 fully saturated rings. The second-order valence-corrected chi connectivity index (χ2v) is 6.34. The third kappa shape index (κ3) is 5.93. The lowest BCUT2D eigenvalue weighted by molar-refractivity contribution is -0.121. The van der Waals surface area contributed by atoms with Gasteiger partial charge < -0.3 is 16.4 Å². The van der Waals surface area contributed by atoms with E-state index in [4.69, 9.17) is 5.73 Å². The molecule has 1 aliphatic carbocycles. The molecule has 5 heteroatoms. The largest absolute Gasteiger partial charge is 0.370 e. The summed E-state index contributed by atoms with van der Waals surface area (Å²) in [7, 11) is 0. The molecule has 23 heavy (non-hydrogen) atoms.